The van der Waals surface area contributed by atoms with Crippen molar-refractivity contribution in [3.05, 3.63) is 136 Å². The Hall–Kier alpha value is -3.74. The van der Waals surface area contributed by atoms with E-state index in [-0.39, 0.29) is 16.2 Å². The van der Waals surface area contributed by atoms with Crippen LogP contribution >= 0.6 is 0 Å². The molecule has 0 unspecified atom stereocenters. The third-order valence-corrected chi connectivity index (χ3v) is 8.03. The Morgan fingerprint density at radius 1 is 0.400 bits per heavy atom. The minimum atomic E-state index is -0.577. The van der Waals surface area contributed by atoms with Crippen LogP contribution in [0.4, 0.5) is 5.69 Å². The normalized spacial score (nSPS) is 12.6. The first-order chi connectivity index (χ1) is 18.7. The first kappa shape index (κ1) is 29.2. The minimum Gasteiger partial charge on any atom is -0.211 e. The zero-order valence-electron chi connectivity index (χ0n) is 25.6. The summed E-state index contributed by atoms with van der Waals surface area (Å²) in [5.74, 6) is 0. The zero-order chi connectivity index (χ0) is 29.3. The van der Waals surface area contributed by atoms with Crippen LogP contribution in [0.15, 0.2) is 102 Å². The molecule has 4 aromatic carbocycles. The van der Waals surface area contributed by atoms with E-state index >= 15 is 0 Å². The number of nitrogens with zero attached hydrogens (tertiary/aromatic N) is 1. The fraction of sp³-hybridized carbons (Fsp3) is 0.342. The van der Waals surface area contributed by atoms with Crippen molar-refractivity contribution in [1.82, 2.24) is 0 Å². The second-order valence-electron chi connectivity index (χ2n) is 14.0. The summed E-state index contributed by atoms with van der Waals surface area (Å²) in [6.45, 7) is 20.2. The Kier molecular flexibility index (Phi) is 7.81. The topological polar surface area (TPSA) is 29.4 Å². The molecule has 0 atom stereocenters. The van der Waals surface area contributed by atoms with Gasteiger partial charge in [0.25, 0.3) is 0 Å². The van der Waals surface area contributed by atoms with E-state index in [9.17, 15) is 4.79 Å². The van der Waals surface area contributed by atoms with Gasteiger partial charge in [-0.2, -0.15) is 4.99 Å². The Balaban J connectivity index is 2.08. The van der Waals surface area contributed by atoms with Gasteiger partial charge in [-0.15, -0.1) is 0 Å². The molecule has 0 spiro atoms. The van der Waals surface area contributed by atoms with Crippen LogP contribution in [0.2, 0.25) is 0 Å². The number of rotatable bonds is 5. The summed E-state index contributed by atoms with van der Waals surface area (Å²) in [6, 6.07) is 35.3. The molecule has 0 aliphatic carbocycles. The molecule has 0 saturated carbocycles. The lowest BCUT2D eigenvalue weighted by atomic mass is 9.64. The van der Waals surface area contributed by atoms with Crippen LogP contribution in [0.5, 0.6) is 0 Å². The molecule has 0 N–H and O–H groups in total. The molecule has 0 amide bonds. The average molecular weight is 530 g/mol. The summed E-state index contributed by atoms with van der Waals surface area (Å²) in [6.07, 6.45) is 1.67. The van der Waals surface area contributed by atoms with Crippen molar-refractivity contribution in [2.24, 2.45) is 4.99 Å². The number of aliphatic imine (C=N–C) groups is 1. The molecule has 0 saturated heterocycles. The van der Waals surface area contributed by atoms with Crippen molar-refractivity contribution in [3.63, 3.8) is 0 Å². The van der Waals surface area contributed by atoms with E-state index < -0.39 is 5.41 Å². The first-order valence-electron chi connectivity index (χ1n) is 14.2. The summed E-state index contributed by atoms with van der Waals surface area (Å²) in [7, 11) is 0. The van der Waals surface area contributed by atoms with Crippen molar-refractivity contribution in [1.29, 1.82) is 0 Å². The molecular weight excluding hydrogens is 486 g/mol. The first-order valence-corrected chi connectivity index (χ1v) is 14.2. The van der Waals surface area contributed by atoms with E-state index in [0.717, 1.165) is 5.56 Å². The summed E-state index contributed by atoms with van der Waals surface area (Å²) in [5, 5.41) is 0. The van der Waals surface area contributed by atoms with Crippen LogP contribution in [-0.2, 0) is 26.5 Å². The van der Waals surface area contributed by atoms with Gasteiger partial charge in [-0.25, -0.2) is 4.79 Å². The van der Waals surface area contributed by atoms with Crippen molar-refractivity contribution in [2.75, 3.05) is 0 Å². The molecule has 206 valence electrons. The van der Waals surface area contributed by atoms with Gasteiger partial charge in [0, 0.05) is 0 Å². The van der Waals surface area contributed by atoms with Crippen LogP contribution in [0, 0.1) is 0 Å². The maximum atomic E-state index is 11.0. The Labute approximate surface area is 241 Å². The van der Waals surface area contributed by atoms with Gasteiger partial charge in [-0.1, -0.05) is 147 Å². The van der Waals surface area contributed by atoms with Gasteiger partial charge in [-0.05, 0) is 67.3 Å². The second kappa shape index (κ2) is 10.7. The molecule has 2 heteroatoms. The minimum absolute atomic E-state index is 0.0540. The van der Waals surface area contributed by atoms with E-state index in [4.69, 9.17) is 0 Å². The number of isocyanates is 1. The quantitative estimate of drug-likeness (QED) is 0.144. The van der Waals surface area contributed by atoms with Crippen molar-refractivity contribution < 1.29 is 4.79 Å². The fourth-order valence-electron chi connectivity index (χ4n) is 5.50. The molecule has 0 fully saturated rings. The van der Waals surface area contributed by atoms with Crippen molar-refractivity contribution in [2.45, 2.75) is 84.0 Å². The average Bonchev–Trinajstić information content (AvgIpc) is 2.90. The van der Waals surface area contributed by atoms with Crippen LogP contribution in [0.25, 0.3) is 0 Å². The highest BCUT2D eigenvalue weighted by molar-refractivity contribution is 5.62. The lowest BCUT2D eigenvalue weighted by Crippen LogP contribution is -2.31. The van der Waals surface area contributed by atoms with Crippen molar-refractivity contribution in [3.8, 4) is 0 Å². The molecule has 4 aromatic rings. The molecular formula is C38H43NO. The van der Waals surface area contributed by atoms with Gasteiger partial charge < -0.3 is 0 Å². The number of carbonyl (C=O) groups excluding carboxylic acids is 1. The van der Waals surface area contributed by atoms with Gasteiger partial charge >= 0.3 is 0 Å². The third-order valence-electron chi connectivity index (χ3n) is 8.03. The van der Waals surface area contributed by atoms with E-state index in [2.05, 4.69) is 152 Å². The van der Waals surface area contributed by atoms with Gasteiger partial charge in [0.05, 0.1) is 11.1 Å². The molecule has 0 radical (unpaired) electrons. The zero-order valence-corrected chi connectivity index (χ0v) is 25.6. The predicted octanol–water partition coefficient (Wildman–Crippen LogP) is 9.93. The van der Waals surface area contributed by atoms with Crippen molar-refractivity contribution >= 4 is 11.8 Å². The smallest absolute Gasteiger partial charge is 0.211 e. The standard InChI is InChI=1S/C38H43NO/c1-35(2,3)27-10-16-30(17-11-27)38(33-22-24-34(25-23-33)39-26-40,31-18-12-28(13-19-31)36(4,5)6)32-20-14-29(15-21-32)37(7,8)9/h10-25H,1-9H3. The van der Waals surface area contributed by atoms with Gasteiger partial charge in [0.1, 0.15) is 0 Å². The van der Waals surface area contributed by atoms with E-state index in [1.807, 2.05) is 12.1 Å². The molecule has 0 heterocycles. The number of hydrogen-bond acceptors (Lipinski definition) is 2. The second-order valence-corrected chi connectivity index (χ2v) is 14.0. The summed E-state index contributed by atoms with van der Waals surface area (Å²) < 4.78 is 0. The fourth-order valence-corrected chi connectivity index (χ4v) is 5.50. The lowest BCUT2D eigenvalue weighted by Gasteiger charge is -2.38. The van der Waals surface area contributed by atoms with E-state index in [1.165, 1.54) is 33.4 Å². The van der Waals surface area contributed by atoms with Crippen LogP contribution in [0.1, 0.15) is 101 Å². The van der Waals surface area contributed by atoms with E-state index in [0.29, 0.717) is 5.69 Å². The molecule has 4 rings (SSSR count). The molecule has 0 aliphatic rings. The monoisotopic (exact) mass is 529 g/mol. The number of benzene rings is 4. The van der Waals surface area contributed by atoms with Gasteiger partial charge in [-0.3, -0.25) is 0 Å². The Morgan fingerprint density at radius 3 is 0.850 bits per heavy atom. The summed E-state index contributed by atoms with van der Waals surface area (Å²) >= 11 is 0. The summed E-state index contributed by atoms with van der Waals surface area (Å²) in [5.41, 5.74) is 8.78. The molecule has 0 aliphatic heterocycles. The molecule has 0 aromatic heterocycles. The van der Waals surface area contributed by atoms with E-state index in [1.54, 1.807) is 6.08 Å². The molecule has 2 nitrogen and oxygen atoms in total. The predicted molar refractivity (Wildman–Crippen MR) is 169 cm³/mol. The maximum Gasteiger partial charge on any atom is 0.240 e. The lowest BCUT2D eigenvalue weighted by molar-refractivity contribution is 0.565. The third kappa shape index (κ3) is 5.74. The SMILES string of the molecule is CC(C)(C)c1ccc(C(c2ccc(N=C=O)cc2)(c2ccc(C(C)(C)C)cc2)c2ccc(C(C)(C)C)cc2)cc1. The van der Waals surface area contributed by atoms with Crippen LogP contribution < -0.4 is 0 Å². The Morgan fingerprint density at radius 2 is 0.625 bits per heavy atom. The van der Waals surface area contributed by atoms with Crippen LogP contribution in [0.3, 0.4) is 0 Å². The highest BCUT2D eigenvalue weighted by Crippen LogP contribution is 2.46. The van der Waals surface area contributed by atoms with Gasteiger partial charge in [0.2, 0.25) is 6.08 Å². The summed E-state index contributed by atoms with van der Waals surface area (Å²) in [4.78, 5) is 14.8. The maximum absolute atomic E-state index is 11.0. The molecule has 0 bridgehead atoms. The Bertz CT molecular complexity index is 1340. The van der Waals surface area contributed by atoms with Crippen LogP contribution in [-0.4, -0.2) is 6.08 Å². The van der Waals surface area contributed by atoms with Gasteiger partial charge in [0.15, 0.2) is 0 Å². The highest BCUT2D eigenvalue weighted by Gasteiger charge is 2.39. The molecule has 40 heavy (non-hydrogen) atoms. The largest absolute Gasteiger partial charge is 0.240 e. The number of hydrogen-bond donors (Lipinski definition) is 0. The highest BCUT2D eigenvalue weighted by atomic mass is 16.1.